The van der Waals surface area contributed by atoms with Crippen molar-refractivity contribution in [3.8, 4) is 11.5 Å². The SMILES string of the molecule is CCN(CC)S(=O)(=O)c1cccc(NC(=O)c2ccc3c(c2)OCCO3)c1. The second-order valence-corrected chi connectivity index (χ2v) is 7.87. The van der Waals surface area contributed by atoms with Gasteiger partial charge in [0.15, 0.2) is 11.5 Å². The zero-order valence-electron chi connectivity index (χ0n) is 15.3. The molecule has 2 aromatic rings. The Labute approximate surface area is 158 Å². The minimum Gasteiger partial charge on any atom is -0.486 e. The van der Waals surface area contributed by atoms with Crippen molar-refractivity contribution in [2.24, 2.45) is 0 Å². The second kappa shape index (κ2) is 7.98. The molecular formula is C19H22N2O5S. The maximum Gasteiger partial charge on any atom is 0.255 e. The number of benzene rings is 2. The molecule has 0 fully saturated rings. The largest absolute Gasteiger partial charge is 0.486 e. The summed E-state index contributed by atoms with van der Waals surface area (Å²) < 4.78 is 37.6. The molecular weight excluding hydrogens is 368 g/mol. The van der Waals surface area contributed by atoms with Gasteiger partial charge in [-0.25, -0.2) is 8.42 Å². The van der Waals surface area contributed by atoms with E-state index < -0.39 is 10.0 Å². The summed E-state index contributed by atoms with van der Waals surface area (Å²) in [6.07, 6.45) is 0. The average molecular weight is 390 g/mol. The van der Waals surface area contributed by atoms with E-state index in [0.717, 1.165) is 0 Å². The van der Waals surface area contributed by atoms with E-state index in [9.17, 15) is 13.2 Å². The highest BCUT2D eigenvalue weighted by atomic mass is 32.2. The highest BCUT2D eigenvalue weighted by molar-refractivity contribution is 7.89. The van der Waals surface area contributed by atoms with Crippen LogP contribution in [0, 0.1) is 0 Å². The van der Waals surface area contributed by atoms with Crippen molar-refractivity contribution in [3.05, 3.63) is 48.0 Å². The van der Waals surface area contributed by atoms with Crippen LogP contribution < -0.4 is 14.8 Å². The second-order valence-electron chi connectivity index (χ2n) is 5.93. The van der Waals surface area contributed by atoms with Gasteiger partial charge in [-0.1, -0.05) is 19.9 Å². The predicted molar refractivity (Wildman–Crippen MR) is 102 cm³/mol. The summed E-state index contributed by atoms with van der Waals surface area (Å²) in [6.45, 7) is 5.25. The average Bonchev–Trinajstić information content (AvgIpc) is 2.68. The van der Waals surface area contributed by atoms with Crippen LogP contribution in [-0.4, -0.2) is 44.9 Å². The minimum atomic E-state index is -3.59. The fourth-order valence-corrected chi connectivity index (χ4v) is 4.34. The van der Waals surface area contributed by atoms with Gasteiger partial charge in [-0.2, -0.15) is 4.31 Å². The molecule has 0 radical (unpaired) electrons. The van der Waals surface area contributed by atoms with Crippen LogP contribution in [0.2, 0.25) is 0 Å². The first-order valence-electron chi connectivity index (χ1n) is 8.77. The maximum atomic E-state index is 12.6. The Morgan fingerprint density at radius 2 is 1.74 bits per heavy atom. The molecule has 0 bridgehead atoms. The van der Waals surface area contributed by atoms with Crippen LogP contribution in [0.5, 0.6) is 11.5 Å². The first kappa shape index (κ1) is 19.2. The van der Waals surface area contributed by atoms with Crippen molar-refractivity contribution in [2.75, 3.05) is 31.6 Å². The van der Waals surface area contributed by atoms with Gasteiger partial charge in [0.25, 0.3) is 5.91 Å². The van der Waals surface area contributed by atoms with Crippen LogP contribution in [0.15, 0.2) is 47.4 Å². The predicted octanol–water partition coefficient (Wildman–Crippen LogP) is 2.74. The quantitative estimate of drug-likeness (QED) is 0.820. The standard InChI is InChI=1S/C19H22N2O5S/c1-3-21(4-2)27(23,24)16-7-5-6-15(13-16)20-19(22)14-8-9-17-18(12-14)26-11-10-25-17/h5-9,12-13H,3-4,10-11H2,1-2H3,(H,20,22). The molecule has 0 aliphatic carbocycles. The molecule has 8 heteroatoms. The number of hydrogen-bond donors (Lipinski definition) is 1. The molecule has 0 atom stereocenters. The molecule has 144 valence electrons. The van der Waals surface area contributed by atoms with Crippen molar-refractivity contribution in [3.63, 3.8) is 0 Å². The molecule has 3 rings (SSSR count). The highest BCUT2D eigenvalue weighted by Gasteiger charge is 2.22. The zero-order valence-corrected chi connectivity index (χ0v) is 16.1. The first-order valence-corrected chi connectivity index (χ1v) is 10.2. The van der Waals surface area contributed by atoms with Gasteiger partial charge in [-0.3, -0.25) is 4.79 Å². The summed E-state index contributed by atoms with van der Waals surface area (Å²) in [7, 11) is -3.59. The van der Waals surface area contributed by atoms with Gasteiger partial charge in [0.2, 0.25) is 10.0 Å². The van der Waals surface area contributed by atoms with E-state index in [4.69, 9.17) is 9.47 Å². The van der Waals surface area contributed by atoms with Crippen LogP contribution in [0.4, 0.5) is 5.69 Å². The lowest BCUT2D eigenvalue weighted by Gasteiger charge is -2.19. The van der Waals surface area contributed by atoms with Crippen LogP contribution in [0.1, 0.15) is 24.2 Å². The Hall–Kier alpha value is -2.58. The van der Waals surface area contributed by atoms with Gasteiger partial charge >= 0.3 is 0 Å². The number of nitrogens with zero attached hydrogens (tertiary/aromatic N) is 1. The number of ether oxygens (including phenoxy) is 2. The number of amides is 1. The minimum absolute atomic E-state index is 0.145. The zero-order chi connectivity index (χ0) is 19.4. The smallest absolute Gasteiger partial charge is 0.255 e. The number of nitrogens with one attached hydrogen (secondary N) is 1. The Morgan fingerprint density at radius 3 is 2.44 bits per heavy atom. The lowest BCUT2D eigenvalue weighted by Crippen LogP contribution is -2.30. The third-order valence-corrected chi connectivity index (χ3v) is 6.29. The van der Waals surface area contributed by atoms with Gasteiger partial charge in [0.05, 0.1) is 4.90 Å². The third kappa shape index (κ3) is 4.06. The molecule has 27 heavy (non-hydrogen) atoms. The van der Waals surface area contributed by atoms with E-state index >= 15 is 0 Å². The van der Waals surface area contributed by atoms with Crippen LogP contribution in [0.3, 0.4) is 0 Å². The molecule has 1 aliphatic heterocycles. The third-order valence-electron chi connectivity index (χ3n) is 4.24. The Bertz CT molecular complexity index is 939. The summed E-state index contributed by atoms with van der Waals surface area (Å²) in [6, 6.07) is 11.2. The topological polar surface area (TPSA) is 84.9 Å². The lowest BCUT2D eigenvalue weighted by atomic mass is 10.1. The molecule has 1 heterocycles. The van der Waals surface area contributed by atoms with Crippen molar-refractivity contribution >= 4 is 21.6 Å². The number of sulfonamides is 1. The van der Waals surface area contributed by atoms with Crippen LogP contribution in [0.25, 0.3) is 0 Å². The molecule has 1 amide bonds. The Kier molecular flexibility index (Phi) is 5.67. The number of hydrogen-bond acceptors (Lipinski definition) is 5. The first-order chi connectivity index (χ1) is 13.0. The summed E-state index contributed by atoms with van der Waals surface area (Å²) in [5.74, 6) is 0.765. The summed E-state index contributed by atoms with van der Waals surface area (Å²) in [5.41, 5.74) is 0.805. The molecule has 1 aliphatic rings. The summed E-state index contributed by atoms with van der Waals surface area (Å²) in [5, 5.41) is 2.73. The molecule has 2 aromatic carbocycles. The Balaban J connectivity index is 1.81. The monoisotopic (exact) mass is 390 g/mol. The van der Waals surface area contributed by atoms with Gasteiger partial charge < -0.3 is 14.8 Å². The van der Waals surface area contributed by atoms with Crippen molar-refractivity contribution in [1.82, 2.24) is 4.31 Å². The molecule has 0 unspecified atom stereocenters. The maximum absolute atomic E-state index is 12.6. The molecule has 7 nitrogen and oxygen atoms in total. The normalized spacial score (nSPS) is 13.4. The van der Waals surface area contributed by atoms with E-state index in [1.54, 1.807) is 44.2 Å². The van der Waals surface area contributed by atoms with Gasteiger partial charge in [0.1, 0.15) is 13.2 Å². The number of anilines is 1. The number of carbonyl (C=O) groups excluding carboxylic acids is 1. The molecule has 0 aromatic heterocycles. The van der Waals surface area contributed by atoms with Crippen molar-refractivity contribution in [1.29, 1.82) is 0 Å². The molecule has 0 spiro atoms. The van der Waals surface area contributed by atoms with E-state index in [1.165, 1.54) is 16.4 Å². The summed E-state index contributed by atoms with van der Waals surface area (Å²) >= 11 is 0. The summed E-state index contributed by atoms with van der Waals surface area (Å²) in [4.78, 5) is 12.7. The molecule has 0 saturated heterocycles. The van der Waals surface area contributed by atoms with E-state index in [1.807, 2.05) is 0 Å². The number of rotatable bonds is 6. The fraction of sp³-hybridized carbons (Fsp3) is 0.316. The number of fused-ring (bicyclic) bond motifs is 1. The molecule has 1 N–H and O–H groups in total. The molecule has 0 saturated carbocycles. The van der Waals surface area contributed by atoms with Crippen molar-refractivity contribution < 1.29 is 22.7 Å². The van der Waals surface area contributed by atoms with Gasteiger partial charge in [-0.05, 0) is 36.4 Å². The van der Waals surface area contributed by atoms with Gasteiger partial charge in [-0.15, -0.1) is 0 Å². The van der Waals surface area contributed by atoms with Crippen LogP contribution >= 0.6 is 0 Å². The van der Waals surface area contributed by atoms with E-state index in [0.29, 0.717) is 49.1 Å². The Morgan fingerprint density at radius 1 is 1.04 bits per heavy atom. The highest BCUT2D eigenvalue weighted by Crippen LogP contribution is 2.31. The number of carbonyl (C=O) groups is 1. The van der Waals surface area contributed by atoms with Crippen LogP contribution in [-0.2, 0) is 10.0 Å². The van der Waals surface area contributed by atoms with E-state index in [-0.39, 0.29) is 10.8 Å². The fourth-order valence-electron chi connectivity index (χ4n) is 2.83. The van der Waals surface area contributed by atoms with Gasteiger partial charge in [0, 0.05) is 24.3 Å². The van der Waals surface area contributed by atoms with Crippen molar-refractivity contribution in [2.45, 2.75) is 18.7 Å². The van der Waals surface area contributed by atoms with E-state index in [2.05, 4.69) is 5.32 Å². The lowest BCUT2D eigenvalue weighted by molar-refractivity contribution is 0.102.